The van der Waals surface area contributed by atoms with Crippen molar-refractivity contribution in [3.8, 4) is 0 Å². The van der Waals surface area contributed by atoms with E-state index in [4.69, 9.17) is 0 Å². The number of carbonyl (C=O) groups is 1. The molecular formula is C16H16FN3OS. The van der Waals surface area contributed by atoms with Gasteiger partial charge in [0.05, 0.1) is 11.7 Å². The van der Waals surface area contributed by atoms with Crippen molar-refractivity contribution in [2.24, 2.45) is 0 Å². The van der Waals surface area contributed by atoms with Crippen LogP contribution in [0.3, 0.4) is 0 Å². The van der Waals surface area contributed by atoms with Gasteiger partial charge in [-0.1, -0.05) is 23.9 Å². The molecule has 2 aliphatic heterocycles. The predicted molar refractivity (Wildman–Crippen MR) is 86.3 cm³/mol. The average Bonchev–Trinajstić information content (AvgIpc) is 3.15. The Hall–Kier alpha value is -1.79. The average molecular weight is 317 g/mol. The summed E-state index contributed by atoms with van der Waals surface area (Å²) in [6.07, 6.45) is 1.93. The Bertz CT molecular complexity index is 745. The maximum atomic E-state index is 13.3. The van der Waals surface area contributed by atoms with Crippen LogP contribution in [-0.4, -0.2) is 24.0 Å². The first-order valence-electron chi connectivity index (χ1n) is 7.40. The van der Waals surface area contributed by atoms with Gasteiger partial charge < -0.3 is 16.0 Å². The summed E-state index contributed by atoms with van der Waals surface area (Å²) in [6, 6.07) is 8.54. The van der Waals surface area contributed by atoms with Gasteiger partial charge in [0.15, 0.2) is 5.50 Å². The van der Waals surface area contributed by atoms with Crippen molar-refractivity contribution in [1.29, 1.82) is 0 Å². The molecule has 0 spiro atoms. The van der Waals surface area contributed by atoms with E-state index in [0.717, 1.165) is 40.7 Å². The monoisotopic (exact) mass is 317 g/mol. The van der Waals surface area contributed by atoms with E-state index in [0.29, 0.717) is 0 Å². The van der Waals surface area contributed by atoms with E-state index in [-0.39, 0.29) is 23.3 Å². The molecule has 4 rings (SSSR count). The minimum Gasteiger partial charge on any atom is -0.356 e. The van der Waals surface area contributed by atoms with Crippen LogP contribution in [0.1, 0.15) is 12.8 Å². The van der Waals surface area contributed by atoms with Gasteiger partial charge in [-0.3, -0.25) is 4.79 Å². The van der Waals surface area contributed by atoms with Crippen LogP contribution >= 0.6 is 11.8 Å². The van der Waals surface area contributed by atoms with Crippen molar-refractivity contribution in [2.45, 2.75) is 29.3 Å². The molecule has 4 nitrogen and oxygen atoms in total. The molecule has 1 fully saturated rings. The van der Waals surface area contributed by atoms with Gasteiger partial charge in [-0.2, -0.15) is 0 Å². The van der Waals surface area contributed by atoms with Crippen LogP contribution < -0.4 is 16.0 Å². The lowest BCUT2D eigenvalue weighted by Gasteiger charge is -2.16. The van der Waals surface area contributed by atoms with Gasteiger partial charge in [-0.25, -0.2) is 4.39 Å². The summed E-state index contributed by atoms with van der Waals surface area (Å²) in [4.78, 5) is 13.2. The highest BCUT2D eigenvalue weighted by molar-refractivity contribution is 8.00. The third-order valence-electron chi connectivity index (χ3n) is 4.10. The maximum absolute atomic E-state index is 13.3. The van der Waals surface area contributed by atoms with Crippen molar-refractivity contribution in [1.82, 2.24) is 10.6 Å². The minimum atomic E-state index is -0.236. The Morgan fingerprint density at radius 2 is 2.23 bits per heavy atom. The van der Waals surface area contributed by atoms with Crippen molar-refractivity contribution in [2.75, 3.05) is 11.9 Å². The molecule has 2 aliphatic rings. The summed E-state index contributed by atoms with van der Waals surface area (Å²) < 4.78 is 13.3. The van der Waals surface area contributed by atoms with Crippen LogP contribution in [0.25, 0.3) is 10.8 Å². The summed E-state index contributed by atoms with van der Waals surface area (Å²) in [7, 11) is 0. The van der Waals surface area contributed by atoms with Gasteiger partial charge in [0.25, 0.3) is 0 Å². The predicted octanol–water partition coefficient (Wildman–Crippen LogP) is 2.65. The van der Waals surface area contributed by atoms with Crippen LogP contribution in [0, 0.1) is 5.82 Å². The molecule has 2 aromatic carbocycles. The molecule has 6 heteroatoms. The van der Waals surface area contributed by atoms with Crippen molar-refractivity contribution >= 4 is 34.1 Å². The van der Waals surface area contributed by atoms with Crippen molar-refractivity contribution in [3.63, 3.8) is 0 Å². The zero-order valence-electron chi connectivity index (χ0n) is 11.9. The van der Waals surface area contributed by atoms with Crippen molar-refractivity contribution < 1.29 is 9.18 Å². The number of hydrogen-bond donors (Lipinski definition) is 3. The molecule has 1 unspecified atom stereocenters. The highest BCUT2D eigenvalue weighted by Crippen LogP contribution is 2.42. The van der Waals surface area contributed by atoms with Gasteiger partial charge in [-0.05, 0) is 48.4 Å². The van der Waals surface area contributed by atoms with Crippen molar-refractivity contribution in [3.05, 3.63) is 36.1 Å². The van der Waals surface area contributed by atoms with E-state index in [2.05, 4.69) is 16.0 Å². The zero-order valence-corrected chi connectivity index (χ0v) is 12.7. The molecule has 0 radical (unpaired) electrons. The number of carbonyl (C=O) groups excluding carboxylic acids is 1. The summed E-state index contributed by atoms with van der Waals surface area (Å²) in [5.41, 5.74) is 0.800. The molecular weight excluding hydrogens is 301 g/mol. The Morgan fingerprint density at radius 1 is 1.32 bits per heavy atom. The van der Waals surface area contributed by atoms with E-state index < -0.39 is 0 Å². The van der Waals surface area contributed by atoms with E-state index in [1.807, 2.05) is 12.1 Å². The fourth-order valence-corrected chi connectivity index (χ4v) is 4.17. The second-order valence-corrected chi connectivity index (χ2v) is 6.72. The molecule has 3 N–H and O–H groups in total. The number of halogens is 1. The summed E-state index contributed by atoms with van der Waals surface area (Å²) in [5, 5.41) is 11.4. The van der Waals surface area contributed by atoms with Gasteiger partial charge >= 0.3 is 0 Å². The Balaban J connectivity index is 1.55. The second-order valence-electron chi connectivity index (χ2n) is 5.61. The highest BCUT2D eigenvalue weighted by atomic mass is 32.2. The maximum Gasteiger partial charge on any atom is 0.239 e. The molecule has 2 aromatic rings. The smallest absolute Gasteiger partial charge is 0.239 e. The number of rotatable bonds is 2. The normalized spacial score (nSPS) is 23.3. The third kappa shape index (κ3) is 2.42. The standard InChI is InChI=1S/C16H16FN3OS/c17-10-4-5-11-9(8-10)3-6-12-14(11)22-16(19-12)20-15(21)13-2-1-7-18-13/h3-6,8,13,16,18-19H,1-2,7H2,(H,20,21)/t13-,16?/m0/s1. The SMILES string of the molecule is O=C(NC1Nc2ccc3cc(F)ccc3c2S1)[C@@H]1CCCN1. The van der Waals surface area contributed by atoms with E-state index in [1.54, 1.807) is 17.8 Å². The summed E-state index contributed by atoms with van der Waals surface area (Å²) in [6.45, 7) is 0.903. The fraction of sp³-hybridized carbons (Fsp3) is 0.312. The third-order valence-corrected chi connectivity index (χ3v) is 5.25. The van der Waals surface area contributed by atoms with Gasteiger partial charge in [0.1, 0.15) is 5.82 Å². The van der Waals surface area contributed by atoms with Crippen LogP contribution in [0.5, 0.6) is 0 Å². The number of anilines is 1. The number of amides is 1. The molecule has 0 bridgehead atoms. The summed E-state index contributed by atoms with van der Waals surface area (Å²) >= 11 is 1.57. The molecule has 2 atom stereocenters. The highest BCUT2D eigenvalue weighted by Gasteiger charge is 2.28. The van der Waals surface area contributed by atoms with E-state index >= 15 is 0 Å². The number of nitrogens with one attached hydrogen (secondary N) is 3. The van der Waals surface area contributed by atoms with E-state index in [9.17, 15) is 9.18 Å². The second kappa shape index (κ2) is 5.44. The van der Waals surface area contributed by atoms with Crippen LogP contribution in [-0.2, 0) is 4.79 Å². The molecule has 2 heterocycles. The van der Waals surface area contributed by atoms with Crippen LogP contribution in [0.15, 0.2) is 35.2 Å². The first-order chi connectivity index (χ1) is 10.7. The molecule has 1 saturated heterocycles. The largest absolute Gasteiger partial charge is 0.356 e. The van der Waals surface area contributed by atoms with E-state index in [1.165, 1.54) is 12.1 Å². The fourth-order valence-electron chi connectivity index (χ4n) is 3.00. The quantitative estimate of drug-likeness (QED) is 0.797. The first kappa shape index (κ1) is 13.8. The molecule has 1 amide bonds. The number of thioether (sulfide) groups is 1. The lowest BCUT2D eigenvalue weighted by molar-refractivity contribution is -0.122. The Kier molecular flexibility index (Phi) is 3.43. The summed E-state index contributed by atoms with van der Waals surface area (Å²) in [5.74, 6) is -0.203. The van der Waals surface area contributed by atoms with Gasteiger partial charge in [-0.15, -0.1) is 0 Å². The number of fused-ring (bicyclic) bond motifs is 3. The lowest BCUT2D eigenvalue weighted by Crippen LogP contribution is -2.45. The molecule has 0 aromatic heterocycles. The van der Waals surface area contributed by atoms with Gasteiger partial charge in [0, 0.05) is 4.90 Å². The Labute approximate surface area is 131 Å². The first-order valence-corrected chi connectivity index (χ1v) is 8.28. The van der Waals surface area contributed by atoms with Crippen LogP contribution in [0.2, 0.25) is 0 Å². The number of hydrogen-bond acceptors (Lipinski definition) is 4. The molecule has 0 aliphatic carbocycles. The Morgan fingerprint density at radius 3 is 3.05 bits per heavy atom. The number of benzene rings is 2. The zero-order chi connectivity index (χ0) is 15.1. The minimum absolute atomic E-state index is 0.0330. The van der Waals surface area contributed by atoms with Crippen LogP contribution in [0.4, 0.5) is 10.1 Å². The topological polar surface area (TPSA) is 53.2 Å². The lowest BCUT2D eigenvalue weighted by atomic mass is 10.1. The molecule has 0 saturated carbocycles. The molecule has 114 valence electrons. The molecule has 22 heavy (non-hydrogen) atoms. The van der Waals surface area contributed by atoms with Gasteiger partial charge in [0.2, 0.25) is 5.91 Å².